The number of ether oxygens (including phenoxy) is 1. The normalized spacial score (nSPS) is 21.5. The SMILES string of the molecule is CS(=O)(=O)CCC(NC(=O)[C@H]1CCCO1)C(=O)O. The molecule has 104 valence electrons. The lowest BCUT2D eigenvalue weighted by Gasteiger charge is -2.16. The molecule has 0 spiro atoms. The van der Waals surface area contributed by atoms with Crippen molar-refractivity contribution in [2.45, 2.75) is 31.4 Å². The van der Waals surface area contributed by atoms with Gasteiger partial charge in [-0.25, -0.2) is 13.2 Å². The molecule has 2 N–H and O–H groups in total. The predicted molar refractivity (Wildman–Crippen MR) is 62.9 cm³/mol. The predicted octanol–water partition coefficient (Wildman–Crippen LogP) is -0.830. The van der Waals surface area contributed by atoms with Crippen molar-refractivity contribution in [3.63, 3.8) is 0 Å². The molecule has 2 atom stereocenters. The van der Waals surface area contributed by atoms with E-state index < -0.39 is 33.9 Å². The van der Waals surface area contributed by atoms with Crippen molar-refractivity contribution in [1.82, 2.24) is 5.32 Å². The van der Waals surface area contributed by atoms with Gasteiger partial charge < -0.3 is 15.2 Å². The number of carbonyl (C=O) groups excluding carboxylic acids is 1. The van der Waals surface area contributed by atoms with Crippen LogP contribution >= 0.6 is 0 Å². The van der Waals surface area contributed by atoms with Crippen LogP contribution in [0.5, 0.6) is 0 Å². The fourth-order valence-corrected chi connectivity index (χ4v) is 2.30. The largest absolute Gasteiger partial charge is 0.480 e. The van der Waals surface area contributed by atoms with Crippen LogP contribution in [-0.2, 0) is 24.2 Å². The van der Waals surface area contributed by atoms with E-state index in [1.54, 1.807) is 0 Å². The van der Waals surface area contributed by atoms with Gasteiger partial charge in [-0.05, 0) is 19.3 Å². The number of carbonyl (C=O) groups is 2. The zero-order valence-electron chi connectivity index (χ0n) is 10.1. The first-order valence-corrected chi connectivity index (χ1v) is 7.68. The van der Waals surface area contributed by atoms with Crippen LogP contribution in [-0.4, -0.2) is 56.2 Å². The number of hydrogen-bond donors (Lipinski definition) is 2. The molecule has 1 unspecified atom stereocenters. The zero-order valence-corrected chi connectivity index (χ0v) is 10.9. The van der Waals surface area contributed by atoms with Crippen molar-refractivity contribution < 1.29 is 27.9 Å². The Kier molecular flexibility index (Phi) is 5.09. The van der Waals surface area contributed by atoms with Gasteiger partial charge >= 0.3 is 5.97 Å². The molecule has 0 saturated carbocycles. The maximum atomic E-state index is 11.6. The van der Waals surface area contributed by atoms with Crippen molar-refractivity contribution in [1.29, 1.82) is 0 Å². The van der Waals surface area contributed by atoms with Gasteiger partial charge in [0.1, 0.15) is 22.0 Å². The summed E-state index contributed by atoms with van der Waals surface area (Å²) in [6.07, 6.45) is 1.58. The van der Waals surface area contributed by atoms with Crippen LogP contribution < -0.4 is 5.32 Å². The number of hydrogen-bond acceptors (Lipinski definition) is 5. The lowest BCUT2D eigenvalue weighted by molar-refractivity contribution is -0.143. The van der Waals surface area contributed by atoms with Crippen molar-refractivity contribution in [2.75, 3.05) is 18.6 Å². The molecule has 1 rings (SSSR count). The summed E-state index contributed by atoms with van der Waals surface area (Å²) in [6.45, 7) is 0.485. The number of rotatable bonds is 6. The maximum absolute atomic E-state index is 11.6. The van der Waals surface area contributed by atoms with E-state index >= 15 is 0 Å². The second-order valence-electron chi connectivity index (χ2n) is 4.32. The first-order chi connectivity index (χ1) is 8.29. The molecule has 0 aromatic heterocycles. The summed E-state index contributed by atoms with van der Waals surface area (Å²) >= 11 is 0. The first-order valence-electron chi connectivity index (χ1n) is 5.62. The molecular weight excluding hydrogens is 262 g/mol. The fraction of sp³-hybridized carbons (Fsp3) is 0.800. The summed E-state index contributed by atoms with van der Waals surface area (Å²) in [6, 6.07) is -1.20. The monoisotopic (exact) mass is 279 g/mol. The summed E-state index contributed by atoms with van der Waals surface area (Å²) in [5.74, 6) is -2.02. The van der Waals surface area contributed by atoms with Crippen LogP contribution in [0.15, 0.2) is 0 Å². The summed E-state index contributed by atoms with van der Waals surface area (Å²) in [4.78, 5) is 22.6. The molecule has 18 heavy (non-hydrogen) atoms. The van der Waals surface area contributed by atoms with E-state index in [2.05, 4.69) is 5.32 Å². The van der Waals surface area contributed by atoms with E-state index in [1.165, 1.54) is 0 Å². The number of aliphatic carboxylic acids is 1. The van der Waals surface area contributed by atoms with E-state index in [0.29, 0.717) is 13.0 Å². The average Bonchev–Trinajstić information content (AvgIpc) is 2.75. The minimum Gasteiger partial charge on any atom is -0.480 e. The van der Waals surface area contributed by atoms with Crippen LogP contribution in [0.2, 0.25) is 0 Å². The molecule has 1 aliphatic rings. The summed E-state index contributed by atoms with van der Waals surface area (Å²) < 4.78 is 27.1. The highest BCUT2D eigenvalue weighted by molar-refractivity contribution is 7.90. The van der Waals surface area contributed by atoms with Gasteiger partial charge in [-0.15, -0.1) is 0 Å². The third kappa shape index (κ3) is 5.01. The highest BCUT2D eigenvalue weighted by Gasteiger charge is 2.28. The average molecular weight is 279 g/mol. The van der Waals surface area contributed by atoms with Gasteiger partial charge in [0.25, 0.3) is 0 Å². The highest BCUT2D eigenvalue weighted by Crippen LogP contribution is 2.12. The summed E-state index contributed by atoms with van der Waals surface area (Å²) in [5.41, 5.74) is 0. The second-order valence-corrected chi connectivity index (χ2v) is 6.58. The van der Waals surface area contributed by atoms with E-state index in [1.807, 2.05) is 0 Å². The molecule has 1 saturated heterocycles. The van der Waals surface area contributed by atoms with E-state index in [-0.39, 0.29) is 12.2 Å². The number of nitrogens with one attached hydrogen (secondary N) is 1. The van der Waals surface area contributed by atoms with Crippen molar-refractivity contribution >= 4 is 21.7 Å². The third-order valence-corrected chi connectivity index (χ3v) is 3.59. The molecule has 1 aliphatic heterocycles. The summed E-state index contributed by atoms with van der Waals surface area (Å²) in [5, 5.41) is 11.2. The fourth-order valence-electron chi connectivity index (χ4n) is 1.64. The van der Waals surface area contributed by atoms with Crippen molar-refractivity contribution in [3.8, 4) is 0 Å². The minimum atomic E-state index is -3.25. The molecule has 0 bridgehead atoms. The topological polar surface area (TPSA) is 110 Å². The molecular formula is C10H17NO6S. The maximum Gasteiger partial charge on any atom is 0.326 e. The van der Waals surface area contributed by atoms with Gasteiger partial charge in [-0.3, -0.25) is 4.79 Å². The van der Waals surface area contributed by atoms with Crippen LogP contribution in [0.1, 0.15) is 19.3 Å². The Balaban J connectivity index is 2.51. The van der Waals surface area contributed by atoms with E-state index in [9.17, 15) is 18.0 Å². The summed E-state index contributed by atoms with van der Waals surface area (Å²) in [7, 11) is -3.25. The minimum absolute atomic E-state index is 0.146. The van der Waals surface area contributed by atoms with E-state index in [4.69, 9.17) is 9.84 Å². The van der Waals surface area contributed by atoms with Gasteiger partial charge in [0.05, 0.1) is 5.75 Å². The number of carboxylic acid groups (broad SMARTS) is 1. The van der Waals surface area contributed by atoms with Gasteiger partial charge in [-0.1, -0.05) is 0 Å². The Labute approximate surface area is 105 Å². The quantitative estimate of drug-likeness (QED) is 0.656. The molecule has 8 heteroatoms. The second kappa shape index (κ2) is 6.14. The Morgan fingerprint density at radius 1 is 1.50 bits per heavy atom. The first kappa shape index (κ1) is 14.9. The van der Waals surface area contributed by atoms with Crippen molar-refractivity contribution in [3.05, 3.63) is 0 Å². The van der Waals surface area contributed by atoms with Gasteiger partial charge in [0.2, 0.25) is 5.91 Å². The molecule has 1 heterocycles. The molecule has 0 aromatic rings. The van der Waals surface area contributed by atoms with Crippen LogP contribution in [0.4, 0.5) is 0 Å². The van der Waals surface area contributed by atoms with Gasteiger partial charge in [0, 0.05) is 12.9 Å². The van der Waals surface area contributed by atoms with Gasteiger partial charge in [-0.2, -0.15) is 0 Å². The highest BCUT2D eigenvalue weighted by atomic mass is 32.2. The van der Waals surface area contributed by atoms with Crippen LogP contribution in [0.3, 0.4) is 0 Å². The molecule has 1 amide bonds. The number of sulfone groups is 1. The van der Waals surface area contributed by atoms with Gasteiger partial charge in [0.15, 0.2) is 0 Å². The Morgan fingerprint density at radius 2 is 2.17 bits per heavy atom. The zero-order chi connectivity index (χ0) is 13.8. The number of carboxylic acids is 1. The lowest BCUT2D eigenvalue weighted by atomic mass is 10.2. The van der Waals surface area contributed by atoms with Crippen molar-refractivity contribution in [2.24, 2.45) is 0 Å². The Morgan fingerprint density at radius 3 is 2.61 bits per heavy atom. The molecule has 0 aliphatic carbocycles. The molecule has 1 fully saturated rings. The van der Waals surface area contributed by atoms with Crippen LogP contribution in [0.25, 0.3) is 0 Å². The smallest absolute Gasteiger partial charge is 0.326 e. The Hall–Kier alpha value is -1.15. The molecule has 0 radical (unpaired) electrons. The van der Waals surface area contributed by atoms with E-state index in [0.717, 1.165) is 12.7 Å². The lowest BCUT2D eigenvalue weighted by Crippen LogP contribution is -2.46. The van der Waals surface area contributed by atoms with Crippen LogP contribution in [0, 0.1) is 0 Å². The molecule has 7 nitrogen and oxygen atoms in total. The standard InChI is InChI=1S/C10H17NO6S/c1-18(15,16)6-4-7(10(13)14)11-9(12)8-3-2-5-17-8/h7-8H,2-6H2,1H3,(H,11,12)(H,13,14)/t7?,8-/m1/s1. The Bertz CT molecular complexity index is 412. The number of amides is 1. The third-order valence-electron chi connectivity index (χ3n) is 2.61. The molecule has 0 aromatic carbocycles.